The number of hydrogen-bond acceptors (Lipinski definition) is 5. The zero-order chi connectivity index (χ0) is 24.6. The monoisotopic (exact) mass is 484 g/mol. The lowest BCUT2D eigenvalue weighted by Gasteiger charge is -2.23. The normalized spacial score (nSPS) is 14.4. The van der Waals surface area contributed by atoms with Crippen molar-refractivity contribution >= 4 is 21.6 Å². The molecular formula is C24H25FN4O4S. The first-order chi connectivity index (χ1) is 16.1. The number of aryl methyl sites for hydroxylation is 1. The smallest absolute Gasteiger partial charge is 0.271 e. The molecule has 3 aromatic rings. The van der Waals surface area contributed by atoms with Crippen LogP contribution in [0.5, 0.6) is 0 Å². The van der Waals surface area contributed by atoms with Crippen molar-refractivity contribution in [2.45, 2.75) is 50.5 Å². The minimum absolute atomic E-state index is 0.0222. The van der Waals surface area contributed by atoms with E-state index in [-0.39, 0.29) is 16.1 Å². The van der Waals surface area contributed by atoms with E-state index in [9.17, 15) is 22.4 Å². The first kappa shape index (κ1) is 23.8. The Hall–Kier alpha value is -3.37. The molecule has 1 aromatic heterocycles. The quantitative estimate of drug-likeness (QED) is 0.576. The lowest BCUT2D eigenvalue weighted by Crippen LogP contribution is -2.37. The summed E-state index contributed by atoms with van der Waals surface area (Å²) >= 11 is 0. The molecule has 0 unspecified atom stereocenters. The minimum atomic E-state index is -3.96. The maximum absolute atomic E-state index is 13.5. The van der Waals surface area contributed by atoms with Crippen molar-refractivity contribution in [2.24, 2.45) is 5.14 Å². The van der Waals surface area contributed by atoms with Crippen LogP contribution in [0.15, 0.2) is 52.2 Å². The summed E-state index contributed by atoms with van der Waals surface area (Å²) in [5.41, 5.74) is 2.67. The minimum Gasteiger partial charge on any atom is -0.324 e. The second-order valence-corrected chi connectivity index (χ2v) is 9.99. The molecule has 1 amide bonds. The number of primary sulfonamides is 1. The molecule has 0 radical (unpaired) electrons. The van der Waals surface area contributed by atoms with Gasteiger partial charge < -0.3 is 5.32 Å². The zero-order valence-corrected chi connectivity index (χ0v) is 19.7. The summed E-state index contributed by atoms with van der Waals surface area (Å²) in [5, 5.41) is 12.5. The number of benzene rings is 2. The third-order valence-electron chi connectivity index (χ3n) is 6.03. The molecule has 0 saturated carbocycles. The highest BCUT2D eigenvalue weighted by atomic mass is 32.2. The van der Waals surface area contributed by atoms with Gasteiger partial charge in [0, 0.05) is 16.8 Å². The van der Waals surface area contributed by atoms with Crippen molar-refractivity contribution in [3.05, 3.63) is 75.3 Å². The molecule has 1 heterocycles. The second-order valence-electron chi connectivity index (χ2n) is 8.46. The third-order valence-corrected chi connectivity index (χ3v) is 7.09. The molecule has 3 N–H and O–H groups in total. The van der Waals surface area contributed by atoms with Crippen molar-refractivity contribution in [1.82, 2.24) is 9.78 Å². The van der Waals surface area contributed by atoms with Crippen LogP contribution in [0.4, 0.5) is 10.1 Å². The van der Waals surface area contributed by atoms with Crippen molar-refractivity contribution < 1.29 is 17.6 Å². The Bertz CT molecular complexity index is 1450. The second kappa shape index (κ2) is 9.11. The average molecular weight is 485 g/mol. The van der Waals surface area contributed by atoms with E-state index in [1.165, 1.54) is 31.2 Å². The molecule has 0 aliphatic heterocycles. The number of halogens is 1. The van der Waals surface area contributed by atoms with E-state index in [2.05, 4.69) is 10.4 Å². The van der Waals surface area contributed by atoms with Crippen molar-refractivity contribution in [3.8, 4) is 11.3 Å². The SMILES string of the molecule is Cc1ccc(-c2nn([C@H](C)C(=O)Nc3cccc(F)c3)c(=O)c3c2CCCC3)cc1S(N)(=O)=O. The van der Waals surface area contributed by atoms with Crippen LogP contribution in [-0.4, -0.2) is 24.1 Å². The van der Waals surface area contributed by atoms with Crippen LogP contribution in [-0.2, 0) is 27.7 Å². The number of aromatic nitrogens is 2. The predicted octanol–water partition coefficient (Wildman–Crippen LogP) is 3.08. The molecule has 10 heteroatoms. The average Bonchev–Trinajstić information content (AvgIpc) is 2.79. The van der Waals surface area contributed by atoms with Crippen LogP contribution < -0.4 is 16.0 Å². The highest BCUT2D eigenvalue weighted by Gasteiger charge is 2.26. The summed E-state index contributed by atoms with van der Waals surface area (Å²) in [6, 6.07) is 9.28. The molecule has 1 aliphatic carbocycles. The fourth-order valence-electron chi connectivity index (χ4n) is 4.23. The van der Waals surface area contributed by atoms with Gasteiger partial charge in [-0.3, -0.25) is 9.59 Å². The first-order valence-corrected chi connectivity index (χ1v) is 12.5. The molecule has 0 fully saturated rings. The summed E-state index contributed by atoms with van der Waals surface area (Å²) in [6.07, 6.45) is 2.85. The Balaban J connectivity index is 1.82. The number of nitrogens with one attached hydrogen (secondary N) is 1. The Morgan fingerprint density at radius 3 is 2.53 bits per heavy atom. The van der Waals surface area contributed by atoms with E-state index in [1.807, 2.05) is 0 Å². The summed E-state index contributed by atoms with van der Waals surface area (Å²) in [6.45, 7) is 3.18. The van der Waals surface area contributed by atoms with Crippen molar-refractivity contribution in [3.63, 3.8) is 0 Å². The number of rotatable bonds is 5. The Morgan fingerprint density at radius 2 is 1.85 bits per heavy atom. The summed E-state index contributed by atoms with van der Waals surface area (Å²) in [4.78, 5) is 26.1. The lowest BCUT2D eigenvalue weighted by atomic mass is 9.89. The molecule has 34 heavy (non-hydrogen) atoms. The molecule has 0 saturated heterocycles. The Kier molecular flexibility index (Phi) is 6.37. The molecule has 178 valence electrons. The van der Waals surface area contributed by atoms with Gasteiger partial charge in [-0.15, -0.1) is 0 Å². The number of fused-ring (bicyclic) bond motifs is 1. The Morgan fingerprint density at radius 1 is 1.15 bits per heavy atom. The summed E-state index contributed by atoms with van der Waals surface area (Å²) < 4.78 is 38.8. The molecule has 1 atom stereocenters. The van der Waals surface area contributed by atoms with Gasteiger partial charge in [0.25, 0.3) is 5.56 Å². The topological polar surface area (TPSA) is 124 Å². The van der Waals surface area contributed by atoms with Crippen molar-refractivity contribution in [1.29, 1.82) is 0 Å². The lowest BCUT2D eigenvalue weighted by molar-refractivity contribution is -0.119. The highest BCUT2D eigenvalue weighted by molar-refractivity contribution is 7.89. The molecule has 4 rings (SSSR count). The van der Waals surface area contributed by atoms with E-state index in [1.54, 1.807) is 25.1 Å². The van der Waals surface area contributed by atoms with Gasteiger partial charge in [0.2, 0.25) is 15.9 Å². The molecule has 1 aliphatic rings. The molecule has 8 nitrogen and oxygen atoms in total. The largest absolute Gasteiger partial charge is 0.324 e. The fraction of sp³-hybridized carbons (Fsp3) is 0.292. The fourth-order valence-corrected chi connectivity index (χ4v) is 5.03. The number of carbonyl (C=O) groups excluding carboxylic acids is 1. The van der Waals surface area contributed by atoms with Gasteiger partial charge in [0.05, 0.1) is 10.6 Å². The highest BCUT2D eigenvalue weighted by Crippen LogP contribution is 2.31. The number of hydrogen-bond donors (Lipinski definition) is 2. The molecule has 0 bridgehead atoms. The number of sulfonamides is 1. The summed E-state index contributed by atoms with van der Waals surface area (Å²) in [7, 11) is -3.96. The van der Waals surface area contributed by atoms with E-state index < -0.39 is 27.8 Å². The number of nitrogens with two attached hydrogens (primary N) is 1. The summed E-state index contributed by atoms with van der Waals surface area (Å²) in [5.74, 6) is -1.03. The van der Waals surface area contributed by atoms with E-state index in [4.69, 9.17) is 5.14 Å². The van der Waals surface area contributed by atoms with Crippen LogP contribution in [0.3, 0.4) is 0 Å². The third kappa shape index (κ3) is 4.64. The number of amides is 1. The maximum Gasteiger partial charge on any atom is 0.271 e. The van der Waals surface area contributed by atoms with Crippen LogP contribution in [0.2, 0.25) is 0 Å². The molecular weight excluding hydrogens is 459 g/mol. The molecule has 2 aromatic carbocycles. The Labute approximate surface area is 196 Å². The zero-order valence-electron chi connectivity index (χ0n) is 18.8. The van der Waals surface area contributed by atoms with Crippen LogP contribution in [0.25, 0.3) is 11.3 Å². The standard InChI is InChI=1S/C24H25FN4O4S/c1-14-10-11-16(12-21(14)34(26,32)33)22-19-8-3-4-9-20(19)24(31)29(28-22)15(2)23(30)27-18-7-5-6-17(25)13-18/h5-7,10-13,15H,3-4,8-9H2,1-2H3,(H,27,30)(H2,26,32,33)/t15-/m1/s1. The van der Waals surface area contributed by atoms with Gasteiger partial charge in [-0.1, -0.05) is 18.2 Å². The number of nitrogens with zero attached hydrogens (tertiary/aromatic N) is 2. The van der Waals surface area contributed by atoms with Crippen LogP contribution in [0.1, 0.15) is 42.5 Å². The van der Waals surface area contributed by atoms with Crippen LogP contribution in [0, 0.1) is 12.7 Å². The van der Waals surface area contributed by atoms with Gasteiger partial charge in [0.15, 0.2) is 0 Å². The van der Waals surface area contributed by atoms with Gasteiger partial charge in [0.1, 0.15) is 11.9 Å². The van der Waals surface area contributed by atoms with Gasteiger partial charge >= 0.3 is 0 Å². The number of carbonyl (C=O) groups is 1. The van der Waals surface area contributed by atoms with Gasteiger partial charge in [-0.25, -0.2) is 22.6 Å². The number of anilines is 1. The van der Waals surface area contributed by atoms with Gasteiger partial charge in [-0.05, 0) is 74.9 Å². The van der Waals surface area contributed by atoms with E-state index in [0.717, 1.165) is 23.1 Å². The maximum atomic E-state index is 13.5. The van der Waals surface area contributed by atoms with Crippen molar-refractivity contribution in [2.75, 3.05) is 5.32 Å². The predicted molar refractivity (Wildman–Crippen MR) is 126 cm³/mol. The van der Waals surface area contributed by atoms with E-state index in [0.29, 0.717) is 35.2 Å². The van der Waals surface area contributed by atoms with Crippen LogP contribution >= 0.6 is 0 Å². The first-order valence-electron chi connectivity index (χ1n) is 10.9. The molecule has 0 spiro atoms. The van der Waals surface area contributed by atoms with Gasteiger partial charge in [-0.2, -0.15) is 5.10 Å². The van der Waals surface area contributed by atoms with E-state index >= 15 is 0 Å².